The summed E-state index contributed by atoms with van der Waals surface area (Å²) >= 11 is 1.43. The van der Waals surface area contributed by atoms with Crippen molar-refractivity contribution in [3.8, 4) is 0 Å². The van der Waals surface area contributed by atoms with Crippen molar-refractivity contribution in [1.82, 2.24) is 10.2 Å². The Morgan fingerprint density at radius 1 is 1.50 bits per heavy atom. The predicted molar refractivity (Wildman–Crippen MR) is 49.6 cm³/mol. The molecule has 1 aromatic heterocycles. The van der Waals surface area contributed by atoms with Crippen LogP contribution < -0.4 is 0 Å². The quantitative estimate of drug-likeness (QED) is 0.541. The van der Waals surface area contributed by atoms with Gasteiger partial charge in [-0.2, -0.15) is 5.10 Å². The first kappa shape index (κ1) is 11.3. The normalized spacial score (nSPS) is 10.8. The molecule has 0 aliphatic carbocycles. The zero-order chi connectivity index (χ0) is 10.2. The maximum Gasteiger partial charge on any atom is 0.261 e. The Balaban J connectivity index is 2.05. The molecule has 78 valence electrons. The highest BCUT2D eigenvalue weighted by molar-refractivity contribution is 7.99. The minimum atomic E-state index is -2.39. The molecule has 0 saturated heterocycles. The van der Waals surface area contributed by atoms with Gasteiger partial charge in [-0.3, -0.25) is 0 Å². The van der Waals surface area contributed by atoms with Crippen LogP contribution in [0, 0.1) is 0 Å². The first-order valence-electron chi connectivity index (χ1n) is 4.05. The van der Waals surface area contributed by atoms with Gasteiger partial charge in [0.2, 0.25) is 0 Å². The molecule has 0 aromatic carbocycles. The Labute approximate surface area is 84.9 Å². The second-order valence-electron chi connectivity index (χ2n) is 2.38. The Morgan fingerprint density at radius 3 is 3.00 bits per heavy atom. The van der Waals surface area contributed by atoms with Crippen molar-refractivity contribution < 1.29 is 13.5 Å². The molecular weight excluding hydrogens is 210 g/mol. The smallest absolute Gasteiger partial charge is 0.261 e. The molecule has 0 saturated carbocycles. The Hall–Kier alpha value is -0.750. The minimum absolute atomic E-state index is 0.297. The lowest BCUT2D eigenvalue weighted by Gasteiger charge is -2.02. The third-order valence-electron chi connectivity index (χ3n) is 1.27. The largest absolute Gasteiger partial charge is 0.375 e. The van der Waals surface area contributed by atoms with Gasteiger partial charge in [-0.25, -0.2) is 8.78 Å². The number of aromatic nitrogens is 2. The average Bonchev–Trinajstić information content (AvgIpc) is 2.18. The van der Waals surface area contributed by atoms with Gasteiger partial charge in [0, 0.05) is 11.9 Å². The van der Waals surface area contributed by atoms with Crippen LogP contribution in [-0.2, 0) is 4.74 Å². The number of halogens is 2. The molecule has 0 aliphatic heterocycles. The molecule has 0 fully saturated rings. The number of alkyl halides is 2. The summed E-state index contributed by atoms with van der Waals surface area (Å²) in [6.07, 6.45) is -0.811. The van der Waals surface area contributed by atoms with E-state index in [1.165, 1.54) is 11.8 Å². The van der Waals surface area contributed by atoms with Gasteiger partial charge in [0.05, 0.1) is 6.61 Å². The van der Waals surface area contributed by atoms with E-state index in [2.05, 4.69) is 10.2 Å². The van der Waals surface area contributed by atoms with Gasteiger partial charge in [-0.05, 0) is 12.1 Å². The van der Waals surface area contributed by atoms with Crippen LogP contribution in [0.2, 0.25) is 0 Å². The van der Waals surface area contributed by atoms with E-state index in [0.717, 1.165) is 5.03 Å². The number of rotatable bonds is 6. The lowest BCUT2D eigenvalue weighted by molar-refractivity contribution is 0.0237. The number of ether oxygens (including phenoxy) is 1. The summed E-state index contributed by atoms with van der Waals surface area (Å²) in [5.41, 5.74) is 0. The fourth-order valence-electron chi connectivity index (χ4n) is 0.742. The van der Waals surface area contributed by atoms with E-state index >= 15 is 0 Å². The van der Waals surface area contributed by atoms with Crippen molar-refractivity contribution in [1.29, 1.82) is 0 Å². The highest BCUT2D eigenvalue weighted by Gasteiger charge is 2.01. The summed E-state index contributed by atoms with van der Waals surface area (Å²) in [7, 11) is 0. The third-order valence-corrected chi connectivity index (χ3v) is 2.15. The second kappa shape index (κ2) is 6.67. The Morgan fingerprint density at radius 2 is 2.36 bits per heavy atom. The summed E-state index contributed by atoms with van der Waals surface area (Å²) < 4.78 is 28.0. The van der Waals surface area contributed by atoms with Crippen LogP contribution in [0.15, 0.2) is 23.4 Å². The van der Waals surface area contributed by atoms with Gasteiger partial charge in [0.25, 0.3) is 6.43 Å². The molecule has 1 aromatic rings. The van der Waals surface area contributed by atoms with Gasteiger partial charge in [0.1, 0.15) is 11.6 Å². The van der Waals surface area contributed by atoms with Crippen molar-refractivity contribution in [2.75, 3.05) is 19.0 Å². The fraction of sp³-hybridized carbons (Fsp3) is 0.500. The maximum absolute atomic E-state index is 11.6. The number of nitrogens with zero attached hydrogens (tertiary/aromatic N) is 2. The van der Waals surface area contributed by atoms with Crippen LogP contribution in [0.5, 0.6) is 0 Å². The number of hydrogen-bond donors (Lipinski definition) is 0. The molecule has 0 aliphatic rings. The van der Waals surface area contributed by atoms with E-state index in [4.69, 9.17) is 4.74 Å². The average molecular weight is 220 g/mol. The van der Waals surface area contributed by atoms with Crippen molar-refractivity contribution in [2.45, 2.75) is 11.5 Å². The van der Waals surface area contributed by atoms with Gasteiger partial charge in [-0.1, -0.05) is 0 Å². The molecular formula is C8H10F2N2OS. The van der Waals surface area contributed by atoms with Gasteiger partial charge in [-0.15, -0.1) is 16.9 Å². The van der Waals surface area contributed by atoms with Gasteiger partial charge < -0.3 is 4.74 Å². The first-order valence-corrected chi connectivity index (χ1v) is 5.04. The van der Waals surface area contributed by atoms with E-state index in [-0.39, 0.29) is 0 Å². The van der Waals surface area contributed by atoms with Crippen molar-refractivity contribution in [3.63, 3.8) is 0 Å². The van der Waals surface area contributed by atoms with Crippen LogP contribution in [0.4, 0.5) is 8.78 Å². The zero-order valence-corrected chi connectivity index (χ0v) is 8.21. The summed E-state index contributed by atoms with van der Waals surface area (Å²) in [6.45, 7) is -0.202. The second-order valence-corrected chi connectivity index (χ2v) is 3.49. The molecule has 6 heteroatoms. The maximum atomic E-state index is 11.6. The topological polar surface area (TPSA) is 35.0 Å². The third kappa shape index (κ3) is 5.08. The van der Waals surface area contributed by atoms with Crippen LogP contribution in [-0.4, -0.2) is 35.6 Å². The summed E-state index contributed by atoms with van der Waals surface area (Å²) in [4.78, 5) is 0. The molecule has 14 heavy (non-hydrogen) atoms. The van der Waals surface area contributed by atoms with E-state index in [1.807, 2.05) is 6.07 Å². The van der Waals surface area contributed by atoms with Gasteiger partial charge in [0.15, 0.2) is 0 Å². The highest BCUT2D eigenvalue weighted by atomic mass is 32.2. The Bertz CT molecular complexity index is 248. The molecule has 0 bridgehead atoms. The van der Waals surface area contributed by atoms with Crippen LogP contribution in [0.25, 0.3) is 0 Å². The first-order chi connectivity index (χ1) is 6.79. The van der Waals surface area contributed by atoms with Crippen molar-refractivity contribution >= 4 is 11.8 Å². The van der Waals surface area contributed by atoms with Crippen LogP contribution in [0.3, 0.4) is 0 Å². The van der Waals surface area contributed by atoms with Crippen LogP contribution in [0.1, 0.15) is 0 Å². The number of thioether (sulfide) groups is 1. The molecule has 1 heterocycles. The van der Waals surface area contributed by atoms with E-state index in [1.54, 1.807) is 12.3 Å². The van der Waals surface area contributed by atoms with E-state index in [0.29, 0.717) is 12.4 Å². The van der Waals surface area contributed by atoms with Crippen molar-refractivity contribution in [3.05, 3.63) is 18.3 Å². The van der Waals surface area contributed by atoms with Crippen molar-refractivity contribution in [2.24, 2.45) is 0 Å². The monoisotopic (exact) mass is 220 g/mol. The zero-order valence-electron chi connectivity index (χ0n) is 7.40. The Kier molecular flexibility index (Phi) is 5.39. The summed E-state index contributed by atoms with van der Waals surface area (Å²) in [6, 6.07) is 3.58. The SMILES string of the molecule is FC(F)COCCSc1cccnn1. The van der Waals surface area contributed by atoms with Gasteiger partial charge >= 0.3 is 0 Å². The summed E-state index contributed by atoms with van der Waals surface area (Å²) in [5, 5.41) is 8.27. The predicted octanol–water partition coefficient (Wildman–Crippen LogP) is 1.85. The molecule has 0 amide bonds. The lowest BCUT2D eigenvalue weighted by atomic mass is 10.6. The number of hydrogen-bond acceptors (Lipinski definition) is 4. The highest BCUT2D eigenvalue weighted by Crippen LogP contribution is 2.12. The summed E-state index contributed by atoms with van der Waals surface area (Å²) in [5.74, 6) is 0.603. The van der Waals surface area contributed by atoms with E-state index < -0.39 is 13.0 Å². The van der Waals surface area contributed by atoms with Crippen LogP contribution >= 0.6 is 11.8 Å². The molecule has 0 N–H and O–H groups in total. The minimum Gasteiger partial charge on any atom is -0.375 e. The molecule has 1 rings (SSSR count). The molecule has 3 nitrogen and oxygen atoms in total. The fourth-order valence-corrected chi connectivity index (χ4v) is 1.43. The standard InChI is InChI=1S/C8H10F2N2OS/c9-7(10)6-13-4-5-14-8-2-1-3-11-12-8/h1-3,7H,4-6H2. The van der Waals surface area contributed by atoms with E-state index in [9.17, 15) is 8.78 Å². The lowest BCUT2D eigenvalue weighted by Crippen LogP contribution is -2.06. The molecule has 0 atom stereocenters. The molecule has 0 unspecified atom stereocenters. The molecule has 0 radical (unpaired) electrons. The molecule has 0 spiro atoms.